The molecule has 0 radical (unpaired) electrons. The van der Waals surface area contributed by atoms with Crippen LogP contribution in [0.15, 0.2) is 61.2 Å². The van der Waals surface area contributed by atoms with Gasteiger partial charge in [0, 0.05) is 61.6 Å². The number of nitrogens with one attached hydrogen (secondary N) is 1. The molecule has 1 aliphatic rings. The minimum Gasteiger partial charge on any atom is -0.490 e. The second-order valence-electron chi connectivity index (χ2n) is 8.71. The van der Waals surface area contributed by atoms with Crippen LogP contribution in [0.2, 0.25) is 0 Å². The summed E-state index contributed by atoms with van der Waals surface area (Å²) in [6, 6.07) is 12.2. The average Bonchev–Trinajstić information content (AvgIpc) is 3.41. The molecule has 0 saturated carbocycles. The maximum Gasteiger partial charge on any atom is 0.222 e. The summed E-state index contributed by atoms with van der Waals surface area (Å²) in [4.78, 5) is 13.8. The van der Waals surface area contributed by atoms with Gasteiger partial charge in [-0.25, -0.2) is 19.6 Å². The number of ether oxygens (including phenoxy) is 2. The molecule has 9 nitrogen and oxygen atoms in total. The number of nitrogens with zero attached hydrogens (tertiary/aromatic N) is 6. The average molecular weight is 468 g/mol. The predicted octanol–water partition coefficient (Wildman–Crippen LogP) is 4.72. The number of hydrogen-bond donors (Lipinski definition) is 1. The summed E-state index contributed by atoms with van der Waals surface area (Å²) >= 11 is 0. The third-order valence-corrected chi connectivity index (χ3v) is 6.19. The van der Waals surface area contributed by atoms with Crippen molar-refractivity contribution >= 4 is 22.5 Å². The SMILES string of the molecule is C[C@H]1CCOc2c(cnn2C)-c2nccc(n2)Nc2cc(c(-c3ccc4c(ccn4C)c3)cn2)O1. The lowest BCUT2D eigenvalue weighted by atomic mass is 10.0. The predicted molar refractivity (Wildman–Crippen MR) is 134 cm³/mol. The van der Waals surface area contributed by atoms with Crippen LogP contribution in [-0.2, 0) is 14.1 Å². The molecule has 0 unspecified atom stereocenters. The molecule has 4 bridgehead atoms. The first-order valence-corrected chi connectivity index (χ1v) is 11.5. The lowest BCUT2D eigenvalue weighted by Crippen LogP contribution is -2.17. The third-order valence-electron chi connectivity index (χ3n) is 6.19. The lowest BCUT2D eigenvalue weighted by molar-refractivity contribution is 0.173. The number of aromatic nitrogens is 6. The molecule has 5 aromatic rings. The highest BCUT2D eigenvalue weighted by atomic mass is 16.5. The zero-order chi connectivity index (χ0) is 23.9. The number of pyridine rings is 1. The molecule has 9 heteroatoms. The lowest BCUT2D eigenvalue weighted by Gasteiger charge is -2.19. The van der Waals surface area contributed by atoms with Crippen molar-refractivity contribution in [3.63, 3.8) is 0 Å². The van der Waals surface area contributed by atoms with Crippen molar-refractivity contribution in [1.29, 1.82) is 0 Å². The molecule has 0 aliphatic carbocycles. The van der Waals surface area contributed by atoms with Crippen LogP contribution in [0.5, 0.6) is 11.6 Å². The van der Waals surface area contributed by atoms with Gasteiger partial charge < -0.3 is 19.4 Å². The first-order chi connectivity index (χ1) is 17.0. The number of benzene rings is 1. The van der Waals surface area contributed by atoms with Crippen LogP contribution in [-0.4, -0.2) is 42.0 Å². The van der Waals surface area contributed by atoms with E-state index in [2.05, 4.69) is 60.4 Å². The Morgan fingerprint density at radius 1 is 1.00 bits per heavy atom. The van der Waals surface area contributed by atoms with Crippen molar-refractivity contribution in [3.8, 4) is 34.1 Å². The Labute approximate surface area is 202 Å². The normalized spacial score (nSPS) is 15.5. The van der Waals surface area contributed by atoms with Crippen molar-refractivity contribution in [2.24, 2.45) is 14.1 Å². The van der Waals surface area contributed by atoms with Gasteiger partial charge in [0.15, 0.2) is 5.82 Å². The van der Waals surface area contributed by atoms with Crippen molar-refractivity contribution in [2.75, 3.05) is 11.9 Å². The van der Waals surface area contributed by atoms with E-state index in [1.165, 1.54) is 10.9 Å². The largest absolute Gasteiger partial charge is 0.490 e. The molecule has 1 aromatic carbocycles. The summed E-state index contributed by atoms with van der Waals surface area (Å²) in [6.45, 7) is 2.51. The Morgan fingerprint density at radius 3 is 2.83 bits per heavy atom. The van der Waals surface area contributed by atoms with Gasteiger partial charge in [-0.15, -0.1) is 0 Å². The number of fused-ring (bicyclic) bond motifs is 7. The Kier molecular flexibility index (Phi) is 5.09. The van der Waals surface area contributed by atoms with Crippen molar-refractivity contribution in [2.45, 2.75) is 19.4 Å². The highest BCUT2D eigenvalue weighted by molar-refractivity contribution is 5.87. The number of anilines is 2. The van der Waals surface area contributed by atoms with Crippen LogP contribution in [0.3, 0.4) is 0 Å². The molecular formula is C26H25N7O2. The number of hydrogen-bond acceptors (Lipinski definition) is 7. The minimum atomic E-state index is -0.0850. The molecule has 4 aromatic heterocycles. The van der Waals surface area contributed by atoms with E-state index in [-0.39, 0.29) is 6.10 Å². The molecule has 0 spiro atoms. The van der Waals surface area contributed by atoms with E-state index in [1.807, 2.05) is 33.3 Å². The zero-order valence-corrected chi connectivity index (χ0v) is 19.8. The summed E-state index contributed by atoms with van der Waals surface area (Å²) < 4.78 is 16.3. The van der Waals surface area contributed by atoms with Crippen LogP contribution >= 0.6 is 0 Å². The fourth-order valence-corrected chi connectivity index (χ4v) is 4.31. The second-order valence-corrected chi connectivity index (χ2v) is 8.71. The quantitative estimate of drug-likeness (QED) is 0.381. The minimum absolute atomic E-state index is 0.0850. The van der Waals surface area contributed by atoms with Gasteiger partial charge in [-0.3, -0.25) is 0 Å². The Bertz CT molecular complexity index is 1540. The summed E-state index contributed by atoms with van der Waals surface area (Å²) in [6.07, 6.45) is 7.93. The van der Waals surface area contributed by atoms with Gasteiger partial charge in [-0.1, -0.05) is 6.07 Å². The molecule has 1 N–H and O–H groups in total. The van der Waals surface area contributed by atoms with Gasteiger partial charge in [0.1, 0.15) is 22.9 Å². The maximum absolute atomic E-state index is 6.44. The van der Waals surface area contributed by atoms with Gasteiger partial charge in [0.25, 0.3) is 0 Å². The van der Waals surface area contributed by atoms with Gasteiger partial charge in [-0.2, -0.15) is 5.10 Å². The molecule has 1 aliphatic heterocycles. The van der Waals surface area contributed by atoms with Crippen molar-refractivity contribution in [3.05, 3.63) is 61.2 Å². The van der Waals surface area contributed by atoms with Crippen molar-refractivity contribution < 1.29 is 9.47 Å². The maximum atomic E-state index is 6.44. The monoisotopic (exact) mass is 467 g/mol. The van der Waals surface area contributed by atoms with E-state index in [9.17, 15) is 0 Å². The van der Waals surface area contributed by atoms with Gasteiger partial charge in [0.2, 0.25) is 5.88 Å². The van der Waals surface area contributed by atoms with E-state index in [1.54, 1.807) is 23.1 Å². The van der Waals surface area contributed by atoms with Crippen LogP contribution in [0.25, 0.3) is 33.4 Å². The van der Waals surface area contributed by atoms with Crippen LogP contribution in [0.4, 0.5) is 11.6 Å². The van der Waals surface area contributed by atoms with Gasteiger partial charge >= 0.3 is 0 Å². The van der Waals surface area contributed by atoms with E-state index in [0.29, 0.717) is 36.4 Å². The van der Waals surface area contributed by atoms with Gasteiger partial charge in [0.05, 0.1) is 18.9 Å². The highest BCUT2D eigenvalue weighted by Gasteiger charge is 2.18. The van der Waals surface area contributed by atoms with E-state index >= 15 is 0 Å². The fraction of sp³-hybridized carbons (Fsp3) is 0.231. The van der Waals surface area contributed by atoms with E-state index < -0.39 is 0 Å². The standard InChI is InChI=1S/C26H25N7O2/c1-16-8-11-34-26-20(15-29-33(26)3)25-27-9-6-23(31-25)30-24-13-22(35-16)19(14-28-24)17-4-5-21-18(12-17)7-10-32(21)2/h4-7,9-10,12-16H,8,11H2,1-3H3,(H,27,28,30,31)/t16-/m0/s1. The Hall–Kier alpha value is -4.40. The first kappa shape index (κ1) is 21.2. The molecular weight excluding hydrogens is 442 g/mol. The van der Waals surface area contributed by atoms with Gasteiger partial charge in [-0.05, 0) is 36.8 Å². The van der Waals surface area contributed by atoms with Crippen LogP contribution < -0.4 is 14.8 Å². The summed E-state index contributed by atoms with van der Waals surface area (Å²) in [5.41, 5.74) is 3.89. The van der Waals surface area contributed by atoms with E-state index in [0.717, 1.165) is 22.4 Å². The number of rotatable bonds is 1. The highest BCUT2D eigenvalue weighted by Crippen LogP contribution is 2.35. The summed E-state index contributed by atoms with van der Waals surface area (Å²) in [5, 5.41) is 8.79. The first-order valence-electron chi connectivity index (χ1n) is 11.5. The number of aryl methyl sites for hydroxylation is 2. The third kappa shape index (κ3) is 3.95. The molecule has 35 heavy (non-hydrogen) atoms. The molecule has 0 saturated heterocycles. The smallest absolute Gasteiger partial charge is 0.222 e. The molecule has 6 rings (SSSR count). The molecule has 5 heterocycles. The van der Waals surface area contributed by atoms with Crippen LogP contribution in [0.1, 0.15) is 13.3 Å². The topological polar surface area (TPSA) is 91.9 Å². The molecule has 1 atom stereocenters. The van der Waals surface area contributed by atoms with E-state index in [4.69, 9.17) is 9.47 Å². The Morgan fingerprint density at radius 2 is 1.91 bits per heavy atom. The fourth-order valence-electron chi connectivity index (χ4n) is 4.31. The Balaban J connectivity index is 1.42. The molecule has 176 valence electrons. The van der Waals surface area contributed by atoms with Crippen molar-refractivity contribution in [1.82, 2.24) is 29.3 Å². The summed E-state index contributed by atoms with van der Waals surface area (Å²) in [5.74, 6) is 3.16. The van der Waals surface area contributed by atoms with Crippen LogP contribution in [0, 0.1) is 0 Å². The summed E-state index contributed by atoms with van der Waals surface area (Å²) in [7, 11) is 3.89. The zero-order valence-electron chi connectivity index (χ0n) is 19.8. The second kappa shape index (κ2) is 8.43. The molecule has 0 fully saturated rings. The molecule has 0 amide bonds.